The van der Waals surface area contributed by atoms with Crippen molar-refractivity contribution in [1.82, 2.24) is 0 Å². The Kier molecular flexibility index (Phi) is 9.93. The van der Waals surface area contributed by atoms with Gasteiger partial charge in [0.25, 0.3) is 0 Å². The summed E-state index contributed by atoms with van der Waals surface area (Å²) in [6, 6.07) is 9.91. The molecule has 0 atom stereocenters. The van der Waals surface area contributed by atoms with E-state index in [1.165, 1.54) is 0 Å². The Morgan fingerprint density at radius 2 is 1.73 bits per heavy atom. The Morgan fingerprint density at radius 3 is 2.18 bits per heavy atom. The quantitative estimate of drug-likeness (QED) is 0.551. The second kappa shape index (κ2) is 8.06. The van der Waals surface area contributed by atoms with Crippen molar-refractivity contribution in [1.29, 1.82) is 0 Å². The third-order valence-corrected chi connectivity index (χ3v) is 1.05. The third kappa shape index (κ3) is 5.26. The maximum Gasteiger partial charge on any atom is 0.0259 e. The average molecular weight is 223 g/mol. The zero-order valence-corrected chi connectivity index (χ0v) is 10.3. The fraction of sp³-hybridized carbons (Fsp3) is 0.125. The summed E-state index contributed by atoms with van der Waals surface area (Å²) in [7, 11) is 1.65. The Morgan fingerprint density at radius 1 is 1.18 bits per heavy atom. The van der Waals surface area contributed by atoms with Crippen molar-refractivity contribution in [3.63, 3.8) is 0 Å². The molecule has 0 aliphatic heterocycles. The van der Waals surface area contributed by atoms with Crippen LogP contribution >= 0.6 is 12.4 Å². The number of ether oxygens (including phenoxy) is 1. The summed E-state index contributed by atoms with van der Waals surface area (Å²) in [6.07, 6.45) is 0. The van der Waals surface area contributed by atoms with E-state index in [1.54, 1.807) is 13.7 Å². The van der Waals surface area contributed by atoms with Gasteiger partial charge in [0.1, 0.15) is 0 Å². The molecule has 3 heteroatoms. The number of rotatable bonds is 2. The first-order chi connectivity index (χ1) is 4.43. The van der Waals surface area contributed by atoms with Crippen molar-refractivity contribution in [3.05, 3.63) is 42.5 Å². The largest absolute Gasteiger partial charge is 0.417 e. The fourth-order valence-corrected chi connectivity index (χ4v) is 0.668. The molecule has 0 aromatic heterocycles. The minimum absolute atomic E-state index is 0. The second-order valence-corrected chi connectivity index (χ2v) is 1.76. The van der Waals surface area contributed by atoms with Crippen molar-refractivity contribution >= 4 is 12.4 Å². The van der Waals surface area contributed by atoms with E-state index in [9.17, 15) is 0 Å². The Labute approximate surface area is 86.3 Å². The number of halogens is 1. The Hall–Kier alpha value is -0.0366. The van der Waals surface area contributed by atoms with Gasteiger partial charge in [-0.2, -0.15) is 17.7 Å². The molecule has 0 spiro atoms. The van der Waals surface area contributed by atoms with Crippen LogP contribution in [-0.2, 0) is 24.2 Å². The SMILES string of the molecule is CO[CH-]c1ccccc1.Cl.[Zn]. The van der Waals surface area contributed by atoms with E-state index in [0.717, 1.165) is 5.56 Å². The Bertz CT molecular complexity index is 167. The minimum Gasteiger partial charge on any atom is -0.417 e. The van der Waals surface area contributed by atoms with Gasteiger partial charge >= 0.3 is 0 Å². The van der Waals surface area contributed by atoms with Gasteiger partial charge in [-0.3, -0.25) is 0 Å². The summed E-state index contributed by atoms with van der Waals surface area (Å²) in [6.45, 7) is 1.71. The van der Waals surface area contributed by atoms with Crippen LogP contribution < -0.4 is 0 Å². The zero-order chi connectivity index (χ0) is 6.53. The van der Waals surface area contributed by atoms with Crippen LogP contribution in [0.15, 0.2) is 30.3 Å². The molecule has 58 valence electrons. The molecule has 0 bridgehead atoms. The van der Waals surface area contributed by atoms with Crippen LogP contribution in [0.5, 0.6) is 0 Å². The number of benzene rings is 1. The van der Waals surface area contributed by atoms with E-state index in [-0.39, 0.29) is 31.9 Å². The molecule has 0 radical (unpaired) electrons. The van der Waals surface area contributed by atoms with Crippen molar-refractivity contribution in [2.75, 3.05) is 7.11 Å². The number of hydrogen-bond acceptors (Lipinski definition) is 1. The van der Waals surface area contributed by atoms with E-state index >= 15 is 0 Å². The fourth-order valence-electron chi connectivity index (χ4n) is 0.668. The van der Waals surface area contributed by atoms with Gasteiger partial charge in [-0.25, -0.2) is 0 Å². The van der Waals surface area contributed by atoms with Crippen LogP contribution in [-0.4, -0.2) is 7.11 Å². The van der Waals surface area contributed by atoms with Crippen LogP contribution in [0.3, 0.4) is 0 Å². The van der Waals surface area contributed by atoms with Gasteiger partial charge in [-0.15, -0.1) is 24.5 Å². The van der Waals surface area contributed by atoms with Crippen molar-refractivity contribution in [2.45, 2.75) is 0 Å². The van der Waals surface area contributed by atoms with E-state index < -0.39 is 0 Å². The van der Waals surface area contributed by atoms with Gasteiger partial charge in [0.2, 0.25) is 0 Å². The van der Waals surface area contributed by atoms with Crippen LogP contribution in [0.25, 0.3) is 0 Å². The second-order valence-electron chi connectivity index (χ2n) is 1.76. The van der Waals surface area contributed by atoms with Crippen molar-refractivity contribution < 1.29 is 24.2 Å². The van der Waals surface area contributed by atoms with Crippen LogP contribution in [0.1, 0.15) is 5.56 Å². The van der Waals surface area contributed by atoms with E-state index in [0.29, 0.717) is 0 Å². The van der Waals surface area contributed by atoms with Gasteiger partial charge in [0, 0.05) is 26.6 Å². The van der Waals surface area contributed by atoms with E-state index in [2.05, 4.69) is 0 Å². The summed E-state index contributed by atoms with van der Waals surface area (Å²) in [5, 5.41) is 0. The molecule has 1 aromatic rings. The molecule has 0 saturated heterocycles. The van der Waals surface area contributed by atoms with Gasteiger partial charge in [-0.05, 0) is 0 Å². The first-order valence-electron chi connectivity index (χ1n) is 2.84. The molecule has 0 aliphatic rings. The van der Waals surface area contributed by atoms with Crippen LogP contribution in [0, 0.1) is 6.61 Å². The van der Waals surface area contributed by atoms with Gasteiger partial charge < -0.3 is 4.74 Å². The normalized spacial score (nSPS) is 7.36. The molecular weight excluding hydrogens is 213 g/mol. The summed E-state index contributed by atoms with van der Waals surface area (Å²) in [4.78, 5) is 0. The molecule has 0 fully saturated rings. The maximum atomic E-state index is 4.80. The summed E-state index contributed by atoms with van der Waals surface area (Å²) in [5.41, 5.74) is 1.10. The predicted molar refractivity (Wildman–Crippen MR) is 44.1 cm³/mol. The molecule has 1 rings (SSSR count). The molecule has 1 nitrogen and oxygen atoms in total. The van der Waals surface area contributed by atoms with Crippen molar-refractivity contribution in [2.24, 2.45) is 0 Å². The van der Waals surface area contributed by atoms with E-state index in [4.69, 9.17) is 4.74 Å². The Balaban J connectivity index is 0. The number of hydrogen-bond donors (Lipinski definition) is 0. The molecule has 0 aliphatic carbocycles. The monoisotopic (exact) mass is 221 g/mol. The number of methoxy groups -OCH3 is 1. The van der Waals surface area contributed by atoms with Gasteiger partial charge in [0.15, 0.2) is 0 Å². The summed E-state index contributed by atoms with van der Waals surface area (Å²) >= 11 is 0. The summed E-state index contributed by atoms with van der Waals surface area (Å²) in [5.74, 6) is 0. The van der Waals surface area contributed by atoms with Gasteiger partial charge in [0.05, 0.1) is 0 Å². The molecule has 0 N–H and O–H groups in total. The van der Waals surface area contributed by atoms with E-state index in [1.807, 2.05) is 30.3 Å². The summed E-state index contributed by atoms with van der Waals surface area (Å²) < 4.78 is 4.80. The zero-order valence-electron chi connectivity index (χ0n) is 6.49. The first kappa shape index (κ1) is 13.5. The van der Waals surface area contributed by atoms with Crippen LogP contribution in [0.2, 0.25) is 0 Å². The predicted octanol–water partition coefficient (Wildman–Crippen LogP) is 2.26. The minimum atomic E-state index is 0. The van der Waals surface area contributed by atoms with Crippen LogP contribution in [0.4, 0.5) is 0 Å². The smallest absolute Gasteiger partial charge is 0.0259 e. The molecular formula is C8H10ClOZn-. The topological polar surface area (TPSA) is 9.23 Å². The molecule has 0 saturated carbocycles. The standard InChI is InChI=1S/C8H9O.ClH.Zn/c1-9-7-8-5-3-2-4-6-8;;/h2-7H,1H3;1H;/q-1;;. The first-order valence-corrected chi connectivity index (χ1v) is 2.84. The molecule has 0 amide bonds. The van der Waals surface area contributed by atoms with Crippen molar-refractivity contribution in [3.8, 4) is 0 Å². The molecule has 0 heterocycles. The third-order valence-electron chi connectivity index (χ3n) is 1.05. The average Bonchev–Trinajstić information content (AvgIpc) is 1.91. The van der Waals surface area contributed by atoms with Gasteiger partial charge in [-0.1, -0.05) is 12.7 Å². The maximum absolute atomic E-state index is 4.80. The molecule has 11 heavy (non-hydrogen) atoms. The molecule has 0 unspecified atom stereocenters. The molecule has 1 aromatic carbocycles.